The van der Waals surface area contributed by atoms with E-state index in [0.29, 0.717) is 25.1 Å². The van der Waals surface area contributed by atoms with Crippen LogP contribution in [0.25, 0.3) is 11.0 Å². The first kappa shape index (κ1) is 21.4. The van der Waals surface area contributed by atoms with Gasteiger partial charge in [0.2, 0.25) is 5.91 Å². The molecule has 4 rings (SSSR count). The molecule has 2 amide bonds. The van der Waals surface area contributed by atoms with Gasteiger partial charge < -0.3 is 19.6 Å². The molecule has 2 aromatic carbocycles. The Balaban J connectivity index is 1.44. The van der Waals surface area contributed by atoms with E-state index in [9.17, 15) is 9.59 Å². The van der Waals surface area contributed by atoms with Crippen LogP contribution < -0.4 is 10.6 Å². The molecule has 0 unspecified atom stereocenters. The molecule has 0 atom stereocenters. The molecule has 2 aromatic heterocycles. The molecule has 4 aromatic rings. The van der Waals surface area contributed by atoms with Gasteiger partial charge in [-0.25, -0.2) is 4.98 Å². The van der Waals surface area contributed by atoms with Gasteiger partial charge in [0, 0.05) is 18.7 Å². The summed E-state index contributed by atoms with van der Waals surface area (Å²) in [5, 5.41) is 5.87. The number of benzene rings is 2. The number of aromatic nitrogens is 2. The van der Waals surface area contributed by atoms with Crippen molar-refractivity contribution in [1.82, 2.24) is 14.9 Å². The monoisotopic (exact) mass is 430 g/mol. The van der Waals surface area contributed by atoms with Gasteiger partial charge in [0.15, 0.2) is 5.76 Å². The maximum Gasteiger partial charge on any atom is 0.286 e. The average molecular weight is 431 g/mol. The molecular weight excluding hydrogens is 404 g/mol. The van der Waals surface area contributed by atoms with Gasteiger partial charge >= 0.3 is 0 Å². The summed E-state index contributed by atoms with van der Waals surface area (Å²) in [5.41, 5.74) is 4.78. The predicted octanol–water partition coefficient (Wildman–Crippen LogP) is 4.25. The third kappa shape index (κ3) is 4.72. The molecule has 0 fully saturated rings. The Kier molecular flexibility index (Phi) is 6.35. The SMILES string of the molecule is Cc1cccc(NC(=O)Cn2c(CCCNC(=O)c3ccco3)nc3ccccc32)c1C. The van der Waals surface area contributed by atoms with E-state index < -0.39 is 0 Å². The van der Waals surface area contributed by atoms with Crippen molar-refractivity contribution in [3.05, 3.63) is 83.6 Å². The highest BCUT2D eigenvalue weighted by molar-refractivity contribution is 5.92. The number of rotatable bonds is 8. The van der Waals surface area contributed by atoms with Crippen LogP contribution >= 0.6 is 0 Å². The van der Waals surface area contributed by atoms with E-state index in [2.05, 4.69) is 10.6 Å². The van der Waals surface area contributed by atoms with Gasteiger partial charge in [-0.15, -0.1) is 0 Å². The first-order valence-corrected chi connectivity index (χ1v) is 10.6. The van der Waals surface area contributed by atoms with Crippen molar-refractivity contribution in [2.45, 2.75) is 33.2 Å². The number of furan rings is 1. The van der Waals surface area contributed by atoms with Crippen molar-refractivity contribution in [2.24, 2.45) is 0 Å². The summed E-state index contributed by atoms with van der Waals surface area (Å²) < 4.78 is 7.05. The van der Waals surface area contributed by atoms with E-state index in [0.717, 1.165) is 33.7 Å². The Hall–Kier alpha value is -3.87. The van der Waals surface area contributed by atoms with Gasteiger partial charge in [0.25, 0.3) is 5.91 Å². The van der Waals surface area contributed by atoms with Crippen molar-refractivity contribution in [2.75, 3.05) is 11.9 Å². The molecule has 0 bridgehead atoms. The Morgan fingerprint density at radius 1 is 1.03 bits per heavy atom. The van der Waals surface area contributed by atoms with Gasteiger partial charge in [-0.05, 0) is 61.7 Å². The van der Waals surface area contributed by atoms with Crippen molar-refractivity contribution in [1.29, 1.82) is 0 Å². The maximum absolute atomic E-state index is 12.9. The first-order chi connectivity index (χ1) is 15.5. The molecule has 0 aliphatic heterocycles. The van der Waals surface area contributed by atoms with Crippen LogP contribution in [0.4, 0.5) is 5.69 Å². The number of hydrogen-bond acceptors (Lipinski definition) is 4. The molecule has 2 heterocycles. The molecule has 0 aliphatic carbocycles. The molecule has 0 saturated carbocycles. The molecule has 7 nitrogen and oxygen atoms in total. The van der Waals surface area contributed by atoms with Crippen molar-refractivity contribution >= 4 is 28.5 Å². The molecule has 0 radical (unpaired) electrons. The summed E-state index contributed by atoms with van der Waals surface area (Å²) in [7, 11) is 0. The number of carbonyl (C=O) groups excluding carboxylic acids is 2. The zero-order valence-corrected chi connectivity index (χ0v) is 18.2. The lowest BCUT2D eigenvalue weighted by atomic mass is 10.1. The molecule has 2 N–H and O–H groups in total. The summed E-state index contributed by atoms with van der Waals surface area (Å²) in [6, 6.07) is 17.0. The summed E-state index contributed by atoms with van der Waals surface area (Å²) in [4.78, 5) is 29.6. The smallest absolute Gasteiger partial charge is 0.286 e. The third-order valence-electron chi connectivity index (χ3n) is 5.52. The molecular formula is C25H26N4O3. The largest absolute Gasteiger partial charge is 0.459 e. The number of nitrogens with one attached hydrogen (secondary N) is 2. The van der Waals surface area contributed by atoms with Crippen LogP contribution in [0.1, 0.15) is 33.9 Å². The zero-order valence-electron chi connectivity index (χ0n) is 18.2. The van der Waals surface area contributed by atoms with Gasteiger partial charge in [0.05, 0.1) is 17.3 Å². The number of aryl methyl sites for hydroxylation is 2. The van der Waals surface area contributed by atoms with Crippen LogP contribution in [0.3, 0.4) is 0 Å². The van der Waals surface area contributed by atoms with Crippen LogP contribution in [-0.2, 0) is 17.8 Å². The number of fused-ring (bicyclic) bond motifs is 1. The molecule has 164 valence electrons. The fraction of sp³-hybridized carbons (Fsp3) is 0.240. The Morgan fingerprint density at radius 2 is 1.88 bits per heavy atom. The summed E-state index contributed by atoms with van der Waals surface area (Å²) in [6.07, 6.45) is 2.79. The van der Waals surface area contributed by atoms with Crippen molar-refractivity contribution in [3.8, 4) is 0 Å². The Morgan fingerprint density at radius 3 is 2.69 bits per heavy atom. The van der Waals surface area contributed by atoms with Crippen LogP contribution in [0.15, 0.2) is 65.3 Å². The number of nitrogens with zero attached hydrogens (tertiary/aromatic N) is 2. The summed E-state index contributed by atoms with van der Waals surface area (Å²) in [6.45, 7) is 4.68. The molecule has 0 saturated heterocycles. The predicted molar refractivity (Wildman–Crippen MR) is 124 cm³/mol. The number of anilines is 1. The lowest BCUT2D eigenvalue weighted by Crippen LogP contribution is -2.25. The van der Waals surface area contributed by atoms with Crippen LogP contribution in [0, 0.1) is 13.8 Å². The Bertz CT molecular complexity index is 1240. The quantitative estimate of drug-likeness (QED) is 0.409. The second kappa shape index (κ2) is 9.51. The number of para-hydroxylation sites is 2. The van der Waals surface area contributed by atoms with E-state index in [1.165, 1.54) is 6.26 Å². The van der Waals surface area contributed by atoms with E-state index >= 15 is 0 Å². The summed E-state index contributed by atoms with van der Waals surface area (Å²) in [5.74, 6) is 0.764. The number of imidazole rings is 1. The zero-order chi connectivity index (χ0) is 22.5. The molecule has 0 spiro atoms. The van der Waals surface area contributed by atoms with Crippen molar-refractivity contribution < 1.29 is 14.0 Å². The highest BCUT2D eigenvalue weighted by Crippen LogP contribution is 2.20. The second-order valence-corrected chi connectivity index (χ2v) is 7.74. The molecule has 7 heteroatoms. The van der Waals surface area contributed by atoms with E-state index in [1.807, 2.05) is 60.9 Å². The van der Waals surface area contributed by atoms with Crippen LogP contribution in [0.2, 0.25) is 0 Å². The second-order valence-electron chi connectivity index (χ2n) is 7.74. The van der Waals surface area contributed by atoms with Crippen LogP contribution in [-0.4, -0.2) is 27.9 Å². The van der Waals surface area contributed by atoms with Gasteiger partial charge in [0.1, 0.15) is 12.4 Å². The molecule has 32 heavy (non-hydrogen) atoms. The van der Waals surface area contributed by atoms with Gasteiger partial charge in [-0.1, -0.05) is 24.3 Å². The van der Waals surface area contributed by atoms with Crippen molar-refractivity contribution in [3.63, 3.8) is 0 Å². The number of carbonyl (C=O) groups is 2. The van der Waals surface area contributed by atoms with Gasteiger partial charge in [-0.2, -0.15) is 0 Å². The number of hydrogen-bond donors (Lipinski definition) is 2. The van der Waals surface area contributed by atoms with Crippen LogP contribution in [0.5, 0.6) is 0 Å². The highest BCUT2D eigenvalue weighted by atomic mass is 16.3. The minimum atomic E-state index is -0.239. The average Bonchev–Trinajstić information content (AvgIpc) is 3.43. The van der Waals surface area contributed by atoms with E-state index in [-0.39, 0.29) is 18.4 Å². The maximum atomic E-state index is 12.9. The topological polar surface area (TPSA) is 89.2 Å². The first-order valence-electron chi connectivity index (χ1n) is 10.6. The minimum Gasteiger partial charge on any atom is -0.459 e. The number of amides is 2. The van der Waals surface area contributed by atoms with Gasteiger partial charge in [-0.3, -0.25) is 9.59 Å². The minimum absolute atomic E-state index is 0.103. The molecule has 0 aliphatic rings. The highest BCUT2D eigenvalue weighted by Gasteiger charge is 2.15. The standard InChI is InChI=1S/C25H26N4O3/c1-17-8-5-10-19(18(17)2)28-24(30)16-29-21-11-4-3-9-20(21)27-23(29)13-6-14-26-25(31)22-12-7-15-32-22/h3-5,7-12,15H,6,13-14,16H2,1-2H3,(H,26,31)(H,28,30). The lowest BCUT2D eigenvalue weighted by Gasteiger charge is -2.13. The third-order valence-corrected chi connectivity index (χ3v) is 5.52. The fourth-order valence-electron chi connectivity index (χ4n) is 3.66. The fourth-order valence-corrected chi connectivity index (χ4v) is 3.66. The lowest BCUT2D eigenvalue weighted by molar-refractivity contribution is -0.116. The normalized spacial score (nSPS) is 10.9. The van der Waals surface area contributed by atoms with E-state index in [4.69, 9.17) is 9.40 Å². The summed E-state index contributed by atoms with van der Waals surface area (Å²) >= 11 is 0. The Labute approximate surface area is 186 Å². The van der Waals surface area contributed by atoms with E-state index in [1.54, 1.807) is 12.1 Å².